The minimum Gasteiger partial charge on any atom is -0.411 e. The smallest absolute Gasteiger partial charge is 0.217 e. The minimum absolute atomic E-state index is 0.109. The molecule has 27 heavy (non-hydrogen) atoms. The maximum Gasteiger partial charge on any atom is 0.217 e. The van der Waals surface area contributed by atoms with Crippen molar-refractivity contribution in [3.8, 4) is 0 Å². The topological polar surface area (TPSA) is 18.5 Å². The molecule has 2 atom stereocenters. The molecule has 2 nitrogen and oxygen atoms in total. The van der Waals surface area contributed by atoms with Crippen molar-refractivity contribution in [1.82, 2.24) is 0 Å². The molecule has 0 radical (unpaired) electrons. The van der Waals surface area contributed by atoms with E-state index in [2.05, 4.69) is 98.5 Å². The monoisotopic (exact) mass is 428 g/mol. The summed E-state index contributed by atoms with van der Waals surface area (Å²) in [6.45, 7) is 33.9. The lowest BCUT2D eigenvalue weighted by Crippen LogP contribution is -2.69. The Kier molecular flexibility index (Phi) is 9.72. The van der Waals surface area contributed by atoms with Gasteiger partial charge in [0.15, 0.2) is 0 Å². The van der Waals surface area contributed by atoms with Gasteiger partial charge in [0.25, 0.3) is 0 Å². The number of hydrogen-bond donors (Lipinski definition) is 0. The van der Waals surface area contributed by atoms with Crippen molar-refractivity contribution in [1.29, 1.82) is 0 Å². The second-order valence-electron chi connectivity index (χ2n) is 9.94. The Morgan fingerprint density at radius 2 is 1.37 bits per heavy atom. The summed E-state index contributed by atoms with van der Waals surface area (Å²) >= 11 is 0. The van der Waals surface area contributed by atoms with Crippen molar-refractivity contribution in [2.24, 2.45) is 5.92 Å². The Morgan fingerprint density at radius 1 is 0.852 bits per heavy atom. The molecule has 0 aliphatic carbocycles. The van der Waals surface area contributed by atoms with Crippen LogP contribution < -0.4 is 0 Å². The Balaban J connectivity index is 6.40. The molecule has 0 aliphatic rings. The first-order valence-corrected chi connectivity index (χ1v) is 19.8. The number of rotatable bonds is 13. The molecule has 0 saturated carbocycles. The van der Waals surface area contributed by atoms with Crippen LogP contribution in [0.3, 0.4) is 0 Å². The van der Waals surface area contributed by atoms with E-state index in [4.69, 9.17) is 8.85 Å². The van der Waals surface area contributed by atoms with E-state index in [0.717, 1.165) is 25.7 Å². The fraction of sp³-hybridized carbons (Fsp3) is 0.818. The summed E-state index contributed by atoms with van der Waals surface area (Å²) < 4.78 is 14.4. The SMILES string of the molecule is C=C[Si](C)(C)OC(CC)(CCC)[Si](C)(C)OC(CC)(C(C)C)[Si](C)(C)C=C. The third-order valence-corrected chi connectivity index (χ3v) is 17.1. The van der Waals surface area contributed by atoms with Crippen LogP contribution in [0.1, 0.15) is 60.3 Å². The van der Waals surface area contributed by atoms with Gasteiger partial charge in [-0.15, -0.1) is 13.2 Å². The van der Waals surface area contributed by atoms with Crippen molar-refractivity contribution in [3.63, 3.8) is 0 Å². The Hall–Kier alpha value is 0.0506. The lowest BCUT2D eigenvalue weighted by molar-refractivity contribution is 0.0319. The molecule has 0 bridgehead atoms. The summed E-state index contributed by atoms with van der Waals surface area (Å²) in [4.78, 5) is 0. The van der Waals surface area contributed by atoms with Crippen LogP contribution in [0.15, 0.2) is 24.6 Å². The molecule has 0 fully saturated rings. The second kappa shape index (κ2) is 9.70. The van der Waals surface area contributed by atoms with Crippen molar-refractivity contribution in [2.45, 2.75) is 110 Å². The van der Waals surface area contributed by atoms with Gasteiger partial charge in [-0.2, -0.15) is 0 Å². The average molecular weight is 429 g/mol. The van der Waals surface area contributed by atoms with E-state index in [0.29, 0.717) is 5.92 Å². The van der Waals surface area contributed by atoms with Gasteiger partial charge in [0.05, 0.1) is 10.4 Å². The Morgan fingerprint density at radius 3 is 1.67 bits per heavy atom. The Labute approximate surface area is 174 Å². The molecule has 0 aliphatic heterocycles. The first-order chi connectivity index (χ1) is 12.2. The van der Waals surface area contributed by atoms with Crippen molar-refractivity contribution in [2.75, 3.05) is 0 Å². The quantitative estimate of drug-likeness (QED) is 0.284. The van der Waals surface area contributed by atoms with Gasteiger partial charge < -0.3 is 8.85 Å². The van der Waals surface area contributed by atoms with Gasteiger partial charge in [0.2, 0.25) is 16.6 Å². The van der Waals surface area contributed by atoms with Gasteiger partial charge in [-0.25, -0.2) is 0 Å². The van der Waals surface area contributed by atoms with Crippen LogP contribution in [-0.2, 0) is 8.85 Å². The predicted molar refractivity (Wildman–Crippen MR) is 131 cm³/mol. The largest absolute Gasteiger partial charge is 0.411 e. The highest BCUT2D eigenvalue weighted by Gasteiger charge is 2.57. The molecule has 5 heteroatoms. The normalized spacial score (nSPS) is 18.1. The van der Waals surface area contributed by atoms with Gasteiger partial charge in [-0.05, 0) is 51.4 Å². The van der Waals surface area contributed by atoms with E-state index in [1.165, 1.54) is 0 Å². The van der Waals surface area contributed by atoms with Crippen LogP contribution >= 0.6 is 0 Å². The second-order valence-corrected chi connectivity index (χ2v) is 22.6. The maximum atomic E-state index is 7.38. The molecule has 0 aromatic carbocycles. The highest BCUT2D eigenvalue weighted by molar-refractivity contribution is 6.86. The first-order valence-electron chi connectivity index (χ1n) is 10.8. The van der Waals surface area contributed by atoms with Crippen LogP contribution in [-0.4, -0.2) is 35.2 Å². The van der Waals surface area contributed by atoms with Gasteiger partial charge in [-0.1, -0.05) is 65.5 Å². The average Bonchev–Trinajstić information content (AvgIpc) is 2.58. The first kappa shape index (κ1) is 27.1. The van der Waals surface area contributed by atoms with E-state index in [1.54, 1.807) is 0 Å². The van der Waals surface area contributed by atoms with Crippen LogP contribution in [0.25, 0.3) is 0 Å². The fourth-order valence-corrected chi connectivity index (χ4v) is 15.6. The van der Waals surface area contributed by atoms with E-state index in [-0.39, 0.29) is 10.4 Å². The summed E-state index contributed by atoms with van der Waals surface area (Å²) in [5, 5.41) is -0.283. The lowest BCUT2D eigenvalue weighted by Gasteiger charge is -2.56. The fourth-order valence-electron chi connectivity index (χ4n) is 4.75. The van der Waals surface area contributed by atoms with Crippen LogP contribution in [0, 0.1) is 5.92 Å². The lowest BCUT2D eigenvalue weighted by atomic mass is 10.0. The highest BCUT2D eigenvalue weighted by Crippen LogP contribution is 2.45. The zero-order valence-electron chi connectivity index (χ0n) is 20.3. The van der Waals surface area contributed by atoms with Crippen molar-refractivity contribution < 1.29 is 8.85 Å². The van der Waals surface area contributed by atoms with E-state index in [1.807, 2.05) is 0 Å². The molecule has 0 rings (SSSR count). The summed E-state index contributed by atoms with van der Waals surface area (Å²) in [6, 6.07) is 0. The van der Waals surface area contributed by atoms with Gasteiger partial charge in [0, 0.05) is 0 Å². The molecule has 0 N–H and O–H groups in total. The zero-order valence-corrected chi connectivity index (χ0v) is 23.3. The molecule has 0 spiro atoms. The molecular formula is C22H48O2Si3. The highest BCUT2D eigenvalue weighted by atomic mass is 28.4. The van der Waals surface area contributed by atoms with E-state index < -0.39 is 24.7 Å². The van der Waals surface area contributed by atoms with Crippen molar-refractivity contribution in [3.05, 3.63) is 24.6 Å². The van der Waals surface area contributed by atoms with E-state index >= 15 is 0 Å². The molecule has 0 heterocycles. The summed E-state index contributed by atoms with van der Waals surface area (Å²) in [7, 11) is -5.96. The third kappa shape index (κ3) is 5.56. The minimum atomic E-state index is -2.22. The van der Waals surface area contributed by atoms with Crippen LogP contribution in [0.4, 0.5) is 0 Å². The van der Waals surface area contributed by atoms with Crippen LogP contribution in [0.5, 0.6) is 0 Å². The molecule has 160 valence electrons. The number of hydrogen-bond acceptors (Lipinski definition) is 2. The summed E-state index contributed by atoms with van der Waals surface area (Å²) in [5.74, 6) is 0.454. The third-order valence-electron chi connectivity index (χ3n) is 6.77. The maximum absolute atomic E-state index is 7.38. The van der Waals surface area contributed by atoms with Crippen LogP contribution in [0.2, 0.25) is 39.3 Å². The molecule has 0 amide bonds. The zero-order chi connectivity index (χ0) is 21.7. The molecular weight excluding hydrogens is 380 g/mol. The van der Waals surface area contributed by atoms with Crippen molar-refractivity contribution >= 4 is 24.7 Å². The standard InChI is InChI=1S/C22H48O2Si3/c1-14-19-21(15-2,23-26(10,11)18-5)27(12,13)24-22(16-3,20(6)7)25(8,9)17-4/h17-18,20H,4-5,14-16,19H2,1-3,6-13H3. The summed E-state index contributed by atoms with van der Waals surface area (Å²) in [5.41, 5.74) is 4.28. The summed E-state index contributed by atoms with van der Waals surface area (Å²) in [6.07, 6.45) is 4.19. The molecule has 2 unspecified atom stereocenters. The molecule has 0 aromatic heterocycles. The Bertz CT molecular complexity index is 500. The molecule has 0 saturated heterocycles. The van der Waals surface area contributed by atoms with Gasteiger partial charge in [-0.3, -0.25) is 0 Å². The molecule has 0 aromatic rings. The predicted octanol–water partition coefficient (Wildman–Crippen LogP) is 7.42. The van der Waals surface area contributed by atoms with E-state index in [9.17, 15) is 0 Å². The van der Waals surface area contributed by atoms with Gasteiger partial charge >= 0.3 is 0 Å². The van der Waals surface area contributed by atoms with Gasteiger partial charge in [0.1, 0.15) is 8.07 Å².